The number of thiophene rings is 1. The Kier molecular flexibility index (Phi) is 5.14. The van der Waals surface area contributed by atoms with Crippen LogP contribution in [0.5, 0.6) is 0 Å². The Bertz CT molecular complexity index is 493. The normalized spacial score (nSPS) is 12.8. The second kappa shape index (κ2) is 6.85. The molecule has 0 spiro atoms. The molecule has 0 fully saturated rings. The van der Waals surface area contributed by atoms with Gasteiger partial charge in [-0.2, -0.15) is 0 Å². The molecule has 0 bridgehead atoms. The largest absolute Gasteiger partial charge is 0.326 e. The molecule has 0 saturated heterocycles. The third-order valence-corrected chi connectivity index (χ3v) is 4.39. The molecular weight excluding hydrogens is 252 g/mol. The fourth-order valence-corrected chi connectivity index (χ4v) is 3.00. The summed E-state index contributed by atoms with van der Waals surface area (Å²) in [6.45, 7) is 3.87. The van der Waals surface area contributed by atoms with Crippen LogP contribution in [0.25, 0.3) is 0 Å². The summed E-state index contributed by atoms with van der Waals surface area (Å²) in [7, 11) is 2.19. The molecule has 2 rings (SSSR count). The standard InChI is InChI=1S/C16H22N2S/c1-13(9-16-7-4-8-19-16)18(2)12-15-6-3-5-14(10-15)11-17/h3-8,10,13H,9,11-12,17H2,1-2H3. The van der Waals surface area contributed by atoms with E-state index in [0.717, 1.165) is 13.0 Å². The van der Waals surface area contributed by atoms with Gasteiger partial charge in [0.25, 0.3) is 0 Å². The Hall–Kier alpha value is -1.16. The van der Waals surface area contributed by atoms with Gasteiger partial charge in [-0.15, -0.1) is 11.3 Å². The van der Waals surface area contributed by atoms with Crippen LogP contribution in [0, 0.1) is 0 Å². The molecule has 0 aliphatic carbocycles. The van der Waals surface area contributed by atoms with Crippen LogP contribution in [0.3, 0.4) is 0 Å². The lowest BCUT2D eigenvalue weighted by molar-refractivity contribution is 0.249. The van der Waals surface area contributed by atoms with Crippen molar-refractivity contribution in [2.24, 2.45) is 5.73 Å². The molecule has 0 saturated carbocycles. The molecule has 1 aromatic heterocycles. The van der Waals surface area contributed by atoms with Crippen LogP contribution >= 0.6 is 11.3 Å². The van der Waals surface area contributed by atoms with Gasteiger partial charge in [0.15, 0.2) is 0 Å². The first-order chi connectivity index (χ1) is 9.19. The highest BCUT2D eigenvalue weighted by atomic mass is 32.1. The molecule has 102 valence electrons. The highest BCUT2D eigenvalue weighted by Crippen LogP contribution is 2.15. The van der Waals surface area contributed by atoms with E-state index in [4.69, 9.17) is 5.73 Å². The summed E-state index contributed by atoms with van der Waals surface area (Å²) in [4.78, 5) is 3.85. The summed E-state index contributed by atoms with van der Waals surface area (Å²) in [5, 5.41) is 2.15. The maximum atomic E-state index is 5.69. The molecule has 0 aliphatic heterocycles. The second-order valence-electron chi connectivity index (χ2n) is 5.07. The predicted molar refractivity (Wildman–Crippen MR) is 83.3 cm³/mol. The number of likely N-dealkylation sites (N-methyl/N-ethyl adjacent to an activating group) is 1. The molecule has 1 atom stereocenters. The average Bonchev–Trinajstić information content (AvgIpc) is 2.91. The van der Waals surface area contributed by atoms with Gasteiger partial charge >= 0.3 is 0 Å². The number of hydrogen-bond donors (Lipinski definition) is 1. The van der Waals surface area contributed by atoms with E-state index in [1.807, 2.05) is 11.3 Å². The number of nitrogens with zero attached hydrogens (tertiary/aromatic N) is 1. The molecular formula is C16H22N2S. The van der Waals surface area contributed by atoms with Crippen molar-refractivity contribution in [3.63, 3.8) is 0 Å². The van der Waals surface area contributed by atoms with Crippen LogP contribution in [0.15, 0.2) is 41.8 Å². The molecule has 3 heteroatoms. The Morgan fingerprint density at radius 2 is 2.00 bits per heavy atom. The van der Waals surface area contributed by atoms with Crippen molar-refractivity contribution in [2.75, 3.05) is 7.05 Å². The highest BCUT2D eigenvalue weighted by molar-refractivity contribution is 7.09. The van der Waals surface area contributed by atoms with Crippen LogP contribution in [-0.4, -0.2) is 18.0 Å². The summed E-state index contributed by atoms with van der Waals surface area (Å²) in [6.07, 6.45) is 1.12. The first-order valence-corrected chi connectivity index (χ1v) is 7.57. The molecule has 1 unspecified atom stereocenters. The molecule has 2 aromatic rings. The van der Waals surface area contributed by atoms with Crippen molar-refractivity contribution in [3.05, 3.63) is 57.8 Å². The van der Waals surface area contributed by atoms with Gasteiger partial charge in [0.2, 0.25) is 0 Å². The Morgan fingerprint density at radius 3 is 2.68 bits per heavy atom. The quantitative estimate of drug-likeness (QED) is 0.876. The molecule has 1 heterocycles. The molecule has 0 aliphatic rings. The van der Waals surface area contributed by atoms with E-state index in [2.05, 4.69) is 60.6 Å². The van der Waals surface area contributed by atoms with E-state index in [1.165, 1.54) is 16.0 Å². The zero-order chi connectivity index (χ0) is 13.7. The van der Waals surface area contributed by atoms with E-state index in [0.29, 0.717) is 12.6 Å². The lowest BCUT2D eigenvalue weighted by Gasteiger charge is -2.24. The highest BCUT2D eigenvalue weighted by Gasteiger charge is 2.11. The molecule has 19 heavy (non-hydrogen) atoms. The fourth-order valence-electron chi connectivity index (χ4n) is 2.17. The Morgan fingerprint density at radius 1 is 1.21 bits per heavy atom. The third kappa shape index (κ3) is 4.16. The minimum Gasteiger partial charge on any atom is -0.326 e. The van der Waals surface area contributed by atoms with Gasteiger partial charge < -0.3 is 5.73 Å². The zero-order valence-corrected chi connectivity index (χ0v) is 12.5. The summed E-state index contributed by atoms with van der Waals surface area (Å²) in [5.41, 5.74) is 8.23. The van der Waals surface area contributed by atoms with Crippen LogP contribution in [-0.2, 0) is 19.5 Å². The van der Waals surface area contributed by atoms with Crippen LogP contribution < -0.4 is 5.73 Å². The Balaban J connectivity index is 1.93. The topological polar surface area (TPSA) is 29.3 Å². The van der Waals surface area contributed by atoms with Crippen molar-refractivity contribution in [1.29, 1.82) is 0 Å². The van der Waals surface area contributed by atoms with Crippen molar-refractivity contribution in [3.8, 4) is 0 Å². The van der Waals surface area contributed by atoms with Gasteiger partial charge in [0.05, 0.1) is 0 Å². The van der Waals surface area contributed by atoms with Crippen molar-refractivity contribution in [2.45, 2.75) is 32.5 Å². The van der Waals surface area contributed by atoms with E-state index in [-0.39, 0.29) is 0 Å². The van der Waals surface area contributed by atoms with E-state index >= 15 is 0 Å². The zero-order valence-electron chi connectivity index (χ0n) is 11.7. The molecule has 2 N–H and O–H groups in total. The summed E-state index contributed by atoms with van der Waals surface area (Å²) in [6, 6.07) is 13.4. The second-order valence-corrected chi connectivity index (χ2v) is 6.10. The maximum Gasteiger partial charge on any atom is 0.0233 e. The van der Waals surface area contributed by atoms with Crippen molar-refractivity contribution >= 4 is 11.3 Å². The van der Waals surface area contributed by atoms with Crippen LogP contribution in [0.2, 0.25) is 0 Å². The fraction of sp³-hybridized carbons (Fsp3) is 0.375. The smallest absolute Gasteiger partial charge is 0.0233 e. The predicted octanol–water partition coefficient (Wildman–Crippen LogP) is 3.27. The van der Waals surface area contributed by atoms with Gasteiger partial charge in [-0.1, -0.05) is 30.3 Å². The number of nitrogens with two attached hydrogens (primary N) is 1. The Labute approximate surface area is 119 Å². The molecule has 0 radical (unpaired) electrons. The first kappa shape index (κ1) is 14.3. The SMILES string of the molecule is CC(Cc1cccs1)N(C)Cc1cccc(CN)c1. The molecule has 0 amide bonds. The van der Waals surface area contributed by atoms with Crippen LogP contribution in [0.1, 0.15) is 22.9 Å². The summed E-state index contributed by atoms with van der Waals surface area (Å²) in [5.74, 6) is 0. The van der Waals surface area contributed by atoms with Crippen molar-refractivity contribution < 1.29 is 0 Å². The minimum absolute atomic E-state index is 0.542. The van der Waals surface area contributed by atoms with Crippen molar-refractivity contribution in [1.82, 2.24) is 4.90 Å². The maximum absolute atomic E-state index is 5.69. The van der Waals surface area contributed by atoms with Gasteiger partial charge in [0, 0.05) is 24.0 Å². The molecule has 2 nitrogen and oxygen atoms in total. The van der Waals surface area contributed by atoms with Gasteiger partial charge in [0.1, 0.15) is 0 Å². The van der Waals surface area contributed by atoms with Gasteiger partial charge in [-0.05, 0) is 43.0 Å². The monoisotopic (exact) mass is 274 g/mol. The van der Waals surface area contributed by atoms with Gasteiger partial charge in [-0.25, -0.2) is 0 Å². The lowest BCUT2D eigenvalue weighted by Crippen LogP contribution is -2.30. The average molecular weight is 274 g/mol. The lowest BCUT2D eigenvalue weighted by atomic mass is 10.1. The van der Waals surface area contributed by atoms with Crippen LogP contribution in [0.4, 0.5) is 0 Å². The number of hydrogen-bond acceptors (Lipinski definition) is 3. The summed E-state index contributed by atoms with van der Waals surface area (Å²) < 4.78 is 0. The van der Waals surface area contributed by atoms with Gasteiger partial charge in [-0.3, -0.25) is 4.90 Å². The number of benzene rings is 1. The minimum atomic E-state index is 0.542. The third-order valence-electron chi connectivity index (χ3n) is 3.49. The number of rotatable bonds is 6. The molecule has 1 aromatic carbocycles. The van der Waals surface area contributed by atoms with E-state index in [9.17, 15) is 0 Å². The van der Waals surface area contributed by atoms with E-state index < -0.39 is 0 Å². The van der Waals surface area contributed by atoms with E-state index in [1.54, 1.807) is 0 Å². The first-order valence-electron chi connectivity index (χ1n) is 6.69. The summed E-state index contributed by atoms with van der Waals surface area (Å²) >= 11 is 1.84.